The SMILES string of the molecule is CC(Nc1ncc2ccc(=O)n(C(C)C(C)C)c2n1)c1ccc(CN2C[C@@H](C)O[C@@H](C)C2)c(F)c1. The molecule has 0 bridgehead atoms. The molecule has 0 aliphatic carbocycles. The van der Waals surface area contributed by atoms with Crippen molar-refractivity contribution in [3.63, 3.8) is 0 Å². The molecule has 188 valence electrons. The monoisotopic (exact) mass is 481 g/mol. The summed E-state index contributed by atoms with van der Waals surface area (Å²) in [5, 5.41) is 4.08. The molecule has 0 radical (unpaired) electrons. The zero-order valence-electron chi connectivity index (χ0n) is 21.5. The lowest BCUT2D eigenvalue weighted by molar-refractivity contribution is -0.0707. The fourth-order valence-electron chi connectivity index (χ4n) is 4.69. The van der Waals surface area contributed by atoms with Crippen molar-refractivity contribution < 1.29 is 9.13 Å². The number of pyridine rings is 1. The van der Waals surface area contributed by atoms with E-state index in [4.69, 9.17) is 4.74 Å². The minimum absolute atomic E-state index is 0.00884. The summed E-state index contributed by atoms with van der Waals surface area (Å²) < 4.78 is 22.5. The number of aromatic nitrogens is 3. The second kappa shape index (κ2) is 10.4. The lowest BCUT2D eigenvalue weighted by Gasteiger charge is -2.35. The van der Waals surface area contributed by atoms with E-state index in [1.807, 2.05) is 39.8 Å². The first-order valence-corrected chi connectivity index (χ1v) is 12.4. The van der Waals surface area contributed by atoms with E-state index in [-0.39, 0.29) is 41.6 Å². The maximum absolute atomic E-state index is 15.0. The Morgan fingerprint density at radius 2 is 1.83 bits per heavy atom. The van der Waals surface area contributed by atoms with Crippen LogP contribution < -0.4 is 10.9 Å². The van der Waals surface area contributed by atoms with Gasteiger partial charge in [-0.1, -0.05) is 26.0 Å². The van der Waals surface area contributed by atoms with E-state index in [1.165, 1.54) is 0 Å². The van der Waals surface area contributed by atoms with Gasteiger partial charge in [0, 0.05) is 48.9 Å². The van der Waals surface area contributed by atoms with Crippen LogP contribution >= 0.6 is 0 Å². The summed E-state index contributed by atoms with van der Waals surface area (Å²) in [5.41, 5.74) is 1.99. The minimum atomic E-state index is -0.220. The van der Waals surface area contributed by atoms with E-state index in [9.17, 15) is 4.79 Å². The fourth-order valence-corrected chi connectivity index (χ4v) is 4.69. The normalized spacial score (nSPS) is 20.8. The molecule has 2 unspecified atom stereocenters. The van der Waals surface area contributed by atoms with Gasteiger partial charge in [-0.25, -0.2) is 9.37 Å². The van der Waals surface area contributed by atoms with Crippen molar-refractivity contribution in [3.8, 4) is 0 Å². The van der Waals surface area contributed by atoms with Crippen LogP contribution in [0.2, 0.25) is 0 Å². The first-order chi connectivity index (χ1) is 16.6. The minimum Gasteiger partial charge on any atom is -0.373 e. The number of morpholine rings is 1. The maximum atomic E-state index is 15.0. The van der Waals surface area contributed by atoms with E-state index in [0.29, 0.717) is 23.7 Å². The van der Waals surface area contributed by atoms with Crippen LogP contribution in [0, 0.1) is 11.7 Å². The van der Waals surface area contributed by atoms with Crippen molar-refractivity contribution in [1.82, 2.24) is 19.4 Å². The standard InChI is InChI=1S/C27H36FN5O2/c1-16(2)20(6)33-25(34)10-9-22-12-29-27(31-26(22)33)30-19(5)21-7-8-23(24(28)11-21)15-32-13-17(3)35-18(4)14-32/h7-12,16-20H,13-15H2,1-6H3,(H,29,30,31)/t17-,18+,19?,20?. The summed E-state index contributed by atoms with van der Waals surface area (Å²) in [6, 6.07) is 8.47. The van der Waals surface area contributed by atoms with Crippen LogP contribution in [0.5, 0.6) is 0 Å². The van der Waals surface area contributed by atoms with Crippen molar-refractivity contribution in [3.05, 3.63) is 63.8 Å². The highest BCUT2D eigenvalue weighted by molar-refractivity contribution is 5.75. The number of benzene rings is 1. The Morgan fingerprint density at radius 1 is 1.11 bits per heavy atom. The van der Waals surface area contributed by atoms with Crippen LogP contribution in [0.25, 0.3) is 11.0 Å². The molecule has 1 aliphatic heterocycles. The molecule has 1 saturated heterocycles. The van der Waals surface area contributed by atoms with E-state index in [1.54, 1.807) is 29.0 Å². The Labute approximate surface area is 206 Å². The average molecular weight is 482 g/mol. The van der Waals surface area contributed by atoms with Gasteiger partial charge < -0.3 is 10.1 Å². The number of ether oxygens (including phenoxy) is 1. The van der Waals surface area contributed by atoms with E-state index in [2.05, 4.69) is 34.0 Å². The first kappa shape index (κ1) is 25.3. The molecule has 2 aromatic heterocycles. The van der Waals surface area contributed by atoms with E-state index >= 15 is 4.39 Å². The number of fused-ring (bicyclic) bond motifs is 1. The van der Waals surface area contributed by atoms with Crippen molar-refractivity contribution >= 4 is 17.0 Å². The number of nitrogens with zero attached hydrogens (tertiary/aromatic N) is 4. The summed E-state index contributed by atoms with van der Waals surface area (Å²) >= 11 is 0. The van der Waals surface area contributed by atoms with Crippen LogP contribution in [-0.2, 0) is 11.3 Å². The number of halogens is 1. The molecule has 1 aromatic carbocycles. The van der Waals surface area contributed by atoms with Gasteiger partial charge in [-0.2, -0.15) is 4.98 Å². The van der Waals surface area contributed by atoms with Gasteiger partial charge in [-0.3, -0.25) is 14.3 Å². The Kier molecular flexibility index (Phi) is 7.52. The largest absolute Gasteiger partial charge is 0.373 e. The summed E-state index contributed by atoms with van der Waals surface area (Å²) in [6.45, 7) is 14.4. The molecule has 8 heteroatoms. The third-order valence-corrected chi connectivity index (χ3v) is 6.85. The molecule has 3 heterocycles. The number of hydrogen-bond donors (Lipinski definition) is 1. The van der Waals surface area contributed by atoms with Crippen molar-refractivity contribution in [2.24, 2.45) is 5.92 Å². The highest BCUT2D eigenvalue weighted by Gasteiger charge is 2.23. The molecule has 35 heavy (non-hydrogen) atoms. The molecule has 3 aromatic rings. The number of rotatable bonds is 7. The van der Waals surface area contributed by atoms with Crippen LogP contribution in [0.1, 0.15) is 64.8 Å². The Morgan fingerprint density at radius 3 is 2.49 bits per heavy atom. The second-order valence-electron chi connectivity index (χ2n) is 10.2. The van der Waals surface area contributed by atoms with Gasteiger partial charge in [0.25, 0.3) is 5.56 Å². The summed E-state index contributed by atoms with van der Waals surface area (Å²) in [4.78, 5) is 23.9. The van der Waals surface area contributed by atoms with E-state index in [0.717, 1.165) is 24.0 Å². The zero-order valence-corrected chi connectivity index (χ0v) is 21.5. The molecule has 4 rings (SSSR count). The van der Waals surface area contributed by atoms with Gasteiger partial charge in [-0.05, 0) is 51.3 Å². The smallest absolute Gasteiger partial charge is 0.252 e. The predicted molar refractivity (Wildman–Crippen MR) is 137 cm³/mol. The van der Waals surface area contributed by atoms with Crippen LogP contribution in [0.3, 0.4) is 0 Å². The highest BCUT2D eigenvalue weighted by atomic mass is 19.1. The fraction of sp³-hybridized carbons (Fsp3) is 0.519. The van der Waals surface area contributed by atoms with Gasteiger partial charge in [0.15, 0.2) is 0 Å². The zero-order chi connectivity index (χ0) is 25.3. The quantitative estimate of drug-likeness (QED) is 0.516. The van der Waals surface area contributed by atoms with Crippen LogP contribution in [0.15, 0.2) is 41.3 Å². The summed E-state index contributed by atoms with van der Waals surface area (Å²) in [5.74, 6) is 0.456. The highest BCUT2D eigenvalue weighted by Crippen LogP contribution is 2.24. The Bertz CT molecular complexity index is 1230. The second-order valence-corrected chi connectivity index (χ2v) is 10.2. The molecule has 1 aliphatic rings. The third kappa shape index (κ3) is 5.70. The summed E-state index contributed by atoms with van der Waals surface area (Å²) in [7, 11) is 0. The average Bonchev–Trinajstić information content (AvgIpc) is 2.79. The van der Waals surface area contributed by atoms with Crippen molar-refractivity contribution in [1.29, 1.82) is 0 Å². The molecule has 7 nitrogen and oxygen atoms in total. The first-order valence-electron chi connectivity index (χ1n) is 12.4. The Hall–Kier alpha value is -2.84. The summed E-state index contributed by atoms with van der Waals surface area (Å²) in [6.07, 6.45) is 2.01. The molecule has 0 saturated carbocycles. The van der Waals surface area contributed by atoms with E-state index < -0.39 is 0 Å². The Balaban J connectivity index is 1.53. The predicted octanol–water partition coefficient (Wildman–Crippen LogP) is 4.93. The maximum Gasteiger partial charge on any atom is 0.252 e. The lowest BCUT2D eigenvalue weighted by Crippen LogP contribution is -2.44. The molecule has 0 amide bonds. The van der Waals surface area contributed by atoms with Gasteiger partial charge in [0.1, 0.15) is 11.5 Å². The van der Waals surface area contributed by atoms with Gasteiger partial charge >= 0.3 is 0 Å². The molecular weight excluding hydrogens is 445 g/mol. The number of anilines is 1. The molecular formula is C27H36FN5O2. The lowest BCUT2D eigenvalue weighted by atomic mass is 10.0. The van der Waals surface area contributed by atoms with Gasteiger partial charge in [0.2, 0.25) is 5.95 Å². The molecule has 4 atom stereocenters. The van der Waals surface area contributed by atoms with Gasteiger partial charge in [0.05, 0.1) is 18.2 Å². The topological polar surface area (TPSA) is 72.3 Å². The molecule has 0 spiro atoms. The van der Waals surface area contributed by atoms with Crippen LogP contribution in [0.4, 0.5) is 10.3 Å². The number of nitrogens with one attached hydrogen (secondary N) is 1. The number of hydrogen-bond acceptors (Lipinski definition) is 6. The molecule has 1 fully saturated rings. The van der Waals surface area contributed by atoms with Gasteiger partial charge in [-0.15, -0.1) is 0 Å². The van der Waals surface area contributed by atoms with Crippen LogP contribution in [-0.4, -0.2) is 44.7 Å². The molecule has 1 N–H and O–H groups in total. The third-order valence-electron chi connectivity index (χ3n) is 6.85. The van der Waals surface area contributed by atoms with Crippen molar-refractivity contribution in [2.75, 3.05) is 18.4 Å². The van der Waals surface area contributed by atoms with Crippen molar-refractivity contribution in [2.45, 2.75) is 72.4 Å².